The normalized spacial score (nSPS) is 9.52. The smallest absolute Gasteiger partial charge is 0.180 e. The van der Waals surface area contributed by atoms with Gasteiger partial charge in [0.15, 0.2) is 5.78 Å². The van der Waals surface area contributed by atoms with E-state index >= 15 is 0 Å². The summed E-state index contributed by atoms with van der Waals surface area (Å²) in [6.45, 7) is 0. The molecule has 1 aromatic heterocycles. The third kappa shape index (κ3) is 5.09. The first-order valence-corrected chi connectivity index (χ1v) is 8.08. The number of hydrogen-bond donors (Lipinski definition) is 2. The lowest BCUT2D eigenvalue weighted by Gasteiger charge is -2.04. The van der Waals surface area contributed by atoms with E-state index in [9.17, 15) is 4.79 Å². The molecule has 0 saturated heterocycles. The first-order valence-electron chi connectivity index (χ1n) is 8.08. The van der Waals surface area contributed by atoms with Gasteiger partial charge in [0.1, 0.15) is 17.3 Å². The number of nitrogens with one attached hydrogen (secondary N) is 1. The van der Waals surface area contributed by atoms with Crippen LogP contribution in [-0.4, -0.2) is 30.2 Å². The Balaban J connectivity index is 0.000000194. The molecule has 0 spiro atoms. The van der Waals surface area contributed by atoms with E-state index in [1.54, 1.807) is 37.4 Å². The Labute approximate surface area is 157 Å². The molecule has 0 saturated carbocycles. The van der Waals surface area contributed by atoms with E-state index in [1.807, 2.05) is 30.3 Å². The summed E-state index contributed by atoms with van der Waals surface area (Å²) in [6.07, 6.45) is -0.111. The molecule has 138 valence electrons. The highest BCUT2D eigenvalue weighted by atomic mass is 16.5. The second kappa shape index (κ2) is 9.63. The monoisotopic (exact) mass is 364 g/mol. The zero-order valence-corrected chi connectivity index (χ0v) is 15.1. The number of methoxy groups -OCH3 is 2. The lowest BCUT2D eigenvalue weighted by atomic mass is 10.1. The number of hydrogen-bond acceptors (Lipinski definition) is 6. The van der Waals surface area contributed by atoms with Crippen molar-refractivity contribution in [2.24, 2.45) is 0 Å². The molecule has 2 aromatic carbocycles. The van der Waals surface area contributed by atoms with E-state index in [-0.39, 0.29) is 12.2 Å². The molecule has 3 rings (SSSR count). The predicted octanol–water partition coefficient (Wildman–Crippen LogP) is 3.46. The Bertz CT molecular complexity index is 944. The van der Waals surface area contributed by atoms with E-state index in [0.29, 0.717) is 17.1 Å². The molecule has 0 bridgehead atoms. The number of H-pyrrole nitrogens is 1. The summed E-state index contributed by atoms with van der Waals surface area (Å²) < 4.78 is 10.2. The quantitative estimate of drug-likeness (QED) is 0.670. The van der Waals surface area contributed by atoms with Gasteiger partial charge in [0.25, 0.3) is 0 Å². The number of nitriles is 1. The second-order valence-corrected chi connectivity index (χ2v) is 5.37. The maximum atomic E-state index is 11.3. The number of aromatic nitrogens is 2. The van der Waals surface area contributed by atoms with Crippen molar-refractivity contribution in [3.05, 3.63) is 60.2 Å². The number of benzene rings is 2. The molecule has 0 aliphatic carbocycles. The maximum absolute atomic E-state index is 11.3. The molecule has 0 atom stereocenters. The Morgan fingerprint density at radius 2 is 1.74 bits per heavy atom. The van der Waals surface area contributed by atoms with Gasteiger partial charge in [-0.1, -0.05) is 24.3 Å². The van der Waals surface area contributed by atoms with Crippen LogP contribution in [0.3, 0.4) is 0 Å². The average Bonchev–Trinajstić information content (AvgIpc) is 3.14. The molecule has 7 nitrogen and oxygen atoms in total. The number of carbonyl (C=O) groups is 1. The number of para-hydroxylation sites is 2. The second-order valence-electron chi connectivity index (χ2n) is 5.37. The number of nitrogens with zero attached hydrogens (tertiary/aromatic N) is 2. The van der Waals surface area contributed by atoms with Gasteiger partial charge in [0.2, 0.25) is 0 Å². The van der Waals surface area contributed by atoms with Gasteiger partial charge in [-0.05, 0) is 24.3 Å². The van der Waals surface area contributed by atoms with Crippen LogP contribution >= 0.6 is 0 Å². The summed E-state index contributed by atoms with van der Waals surface area (Å²) in [5.74, 6) is 1.59. The van der Waals surface area contributed by atoms with Crippen LogP contribution in [0.15, 0.2) is 54.6 Å². The first-order chi connectivity index (χ1) is 13.1. The fourth-order valence-electron chi connectivity index (χ4n) is 2.38. The third-order valence-corrected chi connectivity index (χ3v) is 3.64. The number of ether oxygens (including phenoxy) is 2. The van der Waals surface area contributed by atoms with E-state index in [2.05, 4.69) is 10.2 Å². The number of aromatic amines is 1. The van der Waals surface area contributed by atoms with Gasteiger partial charge in [-0.25, -0.2) is 0 Å². The molecular formula is C20H20N4O3. The summed E-state index contributed by atoms with van der Waals surface area (Å²) in [5.41, 5.74) is 7.81. The minimum atomic E-state index is -0.208. The van der Waals surface area contributed by atoms with Crippen molar-refractivity contribution in [1.29, 1.82) is 5.26 Å². The van der Waals surface area contributed by atoms with Crippen molar-refractivity contribution in [2.45, 2.75) is 6.42 Å². The maximum Gasteiger partial charge on any atom is 0.180 e. The van der Waals surface area contributed by atoms with Gasteiger partial charge < -0.3 is 15.2 Å². The molecule has 0 aliphatic rings. The van der Waals surface area contributed by atoms with Crippen molar-refractivity contribution in [2.75, 3.05) is 20.0 Å². The fourth-order valence-corrected chi connectivity index (χ4v) is 2.38. The van der Waals surface area contributed by atoms with Gasteiger partial charge in [0.05, 0.1) is 38.0 Å². The molecule has 1 heterocycles. The summed E-state index contributed by atoms with van der Waals surface area (Å²) >= 11 is 0. The Morgan fingerprint density at radius 3 is 2.33 bits per heavy atom. The van der Waals surface area contributed by atoms with Gasteiger partial charge in [-0.15, -0.1) is 0 Å². The zero-order chi connectivity index (χ0) is 19.6. The van der Waals surface area contributed by atoms with E-state index in [4.69, 9.17) is 20.5 Å². The van der Waals surface area contributed by atoms with Gasteiger partial charge in [0, 0.05) is 11.6 Å². The van der Waals surface area contributed by atoms with Crippen LogP contribution in [0.5, 0.6) is 11.5 Å². The summed E-state index contributed by atoms with van der Waals surface area (Å²) in [7, 11) is 3.14. The van der Waals surface area contributed by atoms with Gasteiger partial charge >= 0.3 is 0 Å². The molecular weight excluding hydrogens is 344 g/mol. The number of nitrogen functional groups attached to an aromatic ring is 1. The number of nitrogens with two attached hydrogens (primary N) is 1. The number of anilines is 1. The minimum Gasteiger partial charge on any atom is -0.496 e. The molecule has 3 aromatic rings. The molecule has 0 fully saturated rings. The molecule has 3 N–H and O–H groups in total. The standard InChI is InChI=1S/C10H11N3O.C10H9NO2/c1-14-9-5-3-2-4-7(9)8-6-10(11)13-12-8;1-13-10-5-3-2-4-8(10)9(12)6-7-11/h2-6H,1H3,(H3,11,12,13);2-5H,6H2,1H3. The Hall–Kier alpha value is -3.79. The fraction of sp³-hybridized carbons (Fsp3) is 0.150. The van der Waals surface area contributed by atoms with Crippen molar-refractivity contribution < 1.29 is 14.3 Å². The van der Waals surface area contributed by atoms with Crippen molar-refractivity contribution in [3.63, 3.8) is 0 Å². The summed E-state index contributed by atoms with van der Waals surface area (Å²) in [4.78, 5) is 11.3. The molecule has 27 heavy (non-hydrogen) atoms. The van der Waals surface area contributed by atoms with E-state index in [1.165, 1.54) is 7.11 Å². The summed E-state index contributed by atoms with van der Waals surface area (Å²) in [5, 5.41) is 15.1. The highest BCUT2D eigenvalue weighted by molar-refractivity contribution is 5.99. The molecule has 7 heteroatoms. The largest absolute Gasteiger partial charge is 0.496 e. The van der Waals surface area contributed by atoms with E-state index in [0.717, 1.165) is 17.0 Å². The van der Waals surface area contributed by atoms with Crippen LogP contribution in [0.25, 0.3) is 11.3 Å². The average molecular weight is 364 g/mol. The topological polar surface area (TPSA) is 114 Å². The van der Waals surface area contributed by atoms with Gasteiger partial charge in [-0.3, -0.25) is 9.89 Å². The van der Waals surface area contributed by atoms with Crippen molar-refractivity contribution in [3.8, 4) is 28.8 Å². The molecule has 0 amide bonds. The first kappa shape index (κ1) is 19.5. The highest BCUT2D eigenvalue weighted by Crippen LogP contribution is 2.28. The Kier molecular flexibility index (Phi) is 6.97. The molecule has 0 unspecified atom stereocenters. The SMILES string of the molecule is COc1ccccc1-c1cc(N)n[nH]1.COc1ccccc1C(=O)CC#N. The lowest BCUT2D eigenvalue weighted by Crippen LogP contribution is -2.00. The third-order valence-electron chi connectivity index (χ3n) is 3.64. The van der Waals surface area contributed by atoms with Gasteiger partial charge in [-0.2, -0.15) is 10.4 Å². The van der Waals surface area contributed by atoms with Crippen LogP contribution in [0, 0.1) is 11.3 Å². The van der Waals surface area contributed by atoms with Crippen molar-refractivity contribution >= 4 is 11.6 Å². The number of carbonyl (C=O) groups excluding carboxylic acids is 1. The predicted molar refractivity (Wildman–Crippen MR) is 103 cm³/mol. The van der Waals surface area contributed by atoms with Crippen LogP contribution in [0.1, 0.15) is 16.8 Å². The van der Waals surface area contributed by atoms with E-state index < -0.39 is 0 Å². The number of ketones is 1. The Morgan fingerprint density at radius 1 is 1.11 bits per heavy atom. The van der Waals surface area contributed by atoms with Crippen LogP contribution in [0.2, 0.25) is 0 Å². The highest BCUT2D eigenvalue weighted by Gasteiger charge is 2.10. The number of rotatable bonds is 5. The molecule has 0 aliphatic heterocycles. The summed E-state index contributed by atoms with van der Waals surface area (Å²) in [6, 6.07) is 18.2. The minimum absolute atomic E-state index is 0.111. The van der Waals surface area contributed by atoms with Crippen LogP contribution in [0.4, 0.5) is 5.82 Å². The van der Waals surface area contributed by atoms with Crippen LogP contribution < -0.4 is 15.2 Å². The molecule has 0 radical (unpaired) electrons. The van der Waals surface area contributed by atoms with Crippen LogP contribution in [-0.2, 0) is 0 Å². The number of Topliss-reactive ketones (excluding diaryl/α,β-unsaturated/α-hetero) is 1. The zero-order valence-electron chi connectivity index (χ0n) is 15.1. The lowest BCUT2D eigenvalue weighted by molar-refractivity contribution is 0.0995. The van der Waals surface area contributed by atoms with Crippen molar-refractivity contribution in [1.82, 2.24) is 10.2 Å².